The van der Waals surface area contributed by atoms with Crippen LogP contribution >= 0.6 is 24.0 Å². The summed E-state index contributed by atoms with van der Waals surface area (Å²) >= 11 is 0. The number of nitrogens with one attached hydrogen (secondary N) is 3. The summed E-state index contributed by atoms with van der Waals surface area (Å²) in [6.45, 7) is 6.42. The van der Waals surface area contributed by atoms with Gasteiger partial charge in [0, 0.05) is 33.2 Å². The monoisotopic (exact) mass is 492 g/mol. The summed E-state index contributed by atoms with van der Waals surface area (Å²) in [6, 6.07) is 3.84. The lowest BCUT2D eigenvalue weighted by Crippen LogP contribution is -2.44. The van der Waals surface area contributed by atoms with E-state index in [-0.39, 0.29) is 36.0 Å². The average molecular weight is 492 g/mol. The Labute approximate surface area is 179 Å². The van der Waals surface area contributed by atoms with Crippen LogP contribution in [0.5, 0.6) is 0 Å². The summed E-state index contributed by atoms with van der Waals surface area (Å²) in [6.07, 6.45) is 6.07. The Morgan fingerprint density at radius 2 is 2.15 bits per heavy atom. The number of halogens is 1. The second-order valence-electron chi connectivity index (χ2n) is 7.25. The second-order valence-corrected chi connectivity index (χ2v) is 7.25. The van der Waals surface area contributed by atoms with Crippen molar-refractivity contribution in [3.05, 3.63) is 24.2 Å². The van der Waals surface area contributed by atoms with Gasteiger partial charge in [0.2, 0.25) is 5.91 Å². The number of ether oxygens (including phenoxy) is 1. The van der Waals surface area contributed by atoms with Crippen molar-refractivity contribution in [3.8, 4) is 0 Å². The molecule has 1 amide bonds. The van der Waals surface area contributed by atoms with Crippen molar-refractivity contribution >= 4 is 35.8 Å². The fourth-order valence-corrected chi connectivity index (χ4v) is 2.80. The van der Waals surface area contributed by atoms with Gasteiger partial charge >= 0.3 is 0 Å². The SMILES string of the molecule is CNC(=O)C(C)(C)CN=C(NCCc1ccco1)NCC1CCCCO1.I. The largest absolute Gasteiger partial charge is 0.469 e. The molecule has 2 heterocycles. The van der Waals surface area contributed by atoms with Crippen molar-refractivity contribution in [2.45, 2.75) is 45.6 Å². The summed E-state index contributed by atoms with van der Waals surface area (Å²) < 4.78 is 11.1. The Hall–Kier alpha value is -1.29. The number of hydrogen-bond acceptors (Lipinski definition) is 4. The molecule has 1 atom stereocenters. The predicted octanol–water partition coefficient (Wildman–Crippen LogP) is 2.32. The Kier molecular flexibility index (Phi) is 10.8. The lowest BCUT2D eigenvalue weighted by molar-refractivity contribution is -0.128. The smallest absolute Gasteiger partial charge is 0.227 e. The zero-order valence-electron chi connectivity index (χ0n) is 16.5. The Balaban J connectivity index is 0.00000364. The maximum absolute atomic E-state index is 12.0. The molecule has 1 aliphatic heterocycles. The van der Waals surface area contributed by atoms with E-state index in [4.69, 9.17) is 9.15 Å². The summed E-state index contributed by atoms with van der Waals surface area (Å²) in [5.41, 5.74) is -0.564. The molecule has 0 saturated carbocycles. The van der Waals surface area contributed by atoms with Gasteiger partial charge in [0.15, 0.2) is 5.96 Å². The maximum Gasteiger partial charge on any atom is 0.227 e. The third-order valence-corrected chi connectivity index (χ3v) is 4.49. The van der Waals surface area contributed by atoms with E-state index in [1.54, 1.807) is 13.3 Å². The fraction of sp³-hybridized carbons (Fsp3) is 0.684. The molecule has 1 aromatic heterocycles. The number of hydrogen-bond donors (Lipinski definition) is 3. The second kappa shape index (κ2) is 12.2. The maximum atomic E-state index is 12.0. The fourth-order valence-electron chi connectivity index (χ4n) is 2.80. The van der Waals surface area contributed by atoms with E-state index in [0.29, 0.717) is 25.6 Å². The van der Waals surface area contributed by atoms with Crippen LogP contribution in [0.15, 0.2) is 27.8 Å². The Morgan fingerprint density at radius 1 is 1.33 bits per heavy atom. The molecule has 7 nitrogen and oxygen atoms in total. The molecule has 3 N–H and O–H groups in total. The van der Waals surface area contributed by atoms with E-state index in [0.717, 1.165) is 31.6 Å². The van der Waals surface area contributed by atoms with Gasteiger partial charge in [-0.2, -0.15) is 0 Å². The normalized spacial score (nSPS) is 17.7. The van der Waals surface area contributed by atoms with Gasteiger partial charge in [0.25, 0.3) is 0 Å². The lowest BCUT2D eigenvalue weighted by atomic mass is 9.93. The van der Waals surface area contributed by atoms with Crippen molar-refractivity contribution in [1.82, 2.24) is 16.0 Å². The first-order valence-corrected chi connectivity index (χ1v) is 9.39. The van der Waals surface area contributed by atoms with E-state index >= 15 is 0 Å². The first-order chi connectivity index (χ1) is 12.5. The predicted molar refractivity (Wildman–Crippen MR) is 118 cm³/mol. The highest BCUT2D eigenvalue weighted by molar-refractivity contribution is 14.0. The molecule has 0 aromatic carbocycles. The molecule has 8 heteroatoms. The van der Waals surface area contributed by atoms with E-state index in [1.165, 1.54) is 6.42 Å². The molecular formula is C19H33IN4O3. The Morgan fingerprint density at radius 3 is 2.78 bits per heavy atom. The molecular weight excluding hydrogens is 459 g/mol. The number of aliphatic imine (C=N–C) groups is 1. The minimum atomic E-state index is -0.564. The van der Waals surface area contributed by atoms with Gasteiger partial charge in [0.05, 0.1) is 24.3 Å². The number of carbonyl (C=O) groups is 1. The minimum absolute atomic E-state index is 0. The number of nitrogens with zero attached hydrogens (tertiary/aromatic N) is 1. The molecule has 1 aliphatic rings. The zero-order valence-corrected chi connectivity index (χ0v) is 18.9. The van der Waals surface area contributed by atoms with Gasteiger partial charge in [-0.3, -0.25) is 9.79 Å². The first-order valence-electron chi connectivity index (χ1n) is 9.39. The highest BCUT2D eigenvalue weighted by Crippen LogP contribution is 2.15. The molecule has 1 saturated heterocycles. The molecule has 154 valence electrons. The molecule has 0 bridgehead atoms. The molecule has 1 aromatic rings. The average Bonchev–Trinajstić information content (AvgIpc) is 3.17. The third kappa shape index (κ3) is 8.50. The molecule has 27 heavy (non-hydrogen) atoms. The highest BCUT2D eigenvalue weighted by atomic mass is 127. The standard InChI is InChI=1S/C19H32N4O3.HI/c1-19(2,17(24)20-3)14-23-18(21-10-9-15-8-6-12-25-15)22-13-16-7-4-5-11-26-16;/h6,8,12,16H,4-5,7,9-11,13-14H2,1-3H3,(H,20,24)(H2,21,22,23);1H. The van der Waals surface area contributed by atoms with Crippen LogP contribution < -0.4 is 16.0 Å². The topological polar surface area (TPSA) is 87.9 Å². The zero-order chi connectivity index (χ0) is 18.8. The molecule has 2 rings (SSSR count). The van der Waals surface area contributed by atoms with Gasteiger partial charge in [-0.05, 0) is 45.2 Å². The minimum Gasteiger partial charge on any atom is -0.469 e. The van der Waals surface area contributed by atoms with Gasteiger partial charge < -0.3 is 25.1 Å². The van der Waals surface area contributed by atoms with Crippen LogP contribution in [0, 0.1) is 5.41 Å². The van der Waals surface area contributed by atoms with E-state index < -0.39 is 5.41 Å². The van der Waals surface area contributed by atoms with Crippen molar-refractivity contribution < 1.29 is 13.9 Å². The van der Waals surface area contributed by atoms with Gasteiger partial charge in [-0.25, -0.2) is 0 Å². The van der Waals surface area contributed by atoms with Crippen LogP contribution in [-0.4, -0.2) is 51.3 Å². The first kappa shape index (κ1) is 23.7. The van der Waals surface area contributed by atoms with Crippen molar-refractivity contribution in [1.29, 1.82) is 0 Å². The summed E-state index contributed by atoms with van der Waals surface area (Å²) in [5, 5.41) is 9.36. The van der Waals surface area contributed by atoms with Crippen LogP contribution in [-0.2, 0) is 16.0 Å². The quantitative estimate of drug-likeness (QED) is 0.295. The summed E-state index contributed by atoms with van der Waals surface area (Å²) in [5.74, 6) is 1.60. The molecule has 0 spiro atoms. The molecule has 0 aliphatic carbocycles. The van der Waals surface area contributed by atoms with Gasteiger partial charge in [-0.15, -0.1) is 24.0 Å². The van der Waals surface area contributed by atoms with Crippen LogP contribution in [0.2, 0.25) is 0 Å². The van der Waals surface area contributed by atoms with Crippen molar-refractivity contribution in [2.75, 3.05) is 33.3 Å². The number of furan rings is 1. The molecule has 1 unspecified atom stereocenters. The summed E-state index contributed by atoms with van der Waals surface area (Å²) in [7, 11) is 1.65. The lowest BCUT2D eigenvalue weighted by Gasteiger charge is -2.25. The summed E-state index contributed by atoms with van der Waals surface area (Å²) in [4.78, 5) is 16.6. The van der Waals surface area contributed by atoms with Crippen LogP contribution in [0.1, 0.15) is 38.9 Å². The van der Waals surface area contributed by atoms with E-state index in [1.807, 2.05) is 26.0 Å². The van der Waals surface area contributed by atoms with Gasteiger partial charge in [-0.1, -0.05) is 0 Å². The number of amides is 1. The number of guanidine groups is 1. The highest BCUT2D eigenvalue weighted by Gasteiger charge is 2.26. The van der Waals surface area contributed by atoms with Crippen molar-refractivity contribution in [2.24, 2.45) is 10.4 Å². The Bertz CT molecular complexity index is 570. The molecule has 0 radical (unpaired) electrons. The van der Waals surface area contributed by atoms with Crippen LogP contribution in [0.4, 0.5) is 0 Å². The van der Waals surface area contributed by atoms with Crippen LogP contribution in [0.3, 0.4) is 0 Å². The van der Waals surface area contributed by atoms with E-state index in [2.05, 4.69) is 20.9 Å². The van der Waals surface area contributed by atoms with Crippen LogP contribution in [0.25, 0.3) is 0 Å². The molecule has 1 fully saturated rings. The number of rotatable bonds is 8. The van der Waals surface area contributed by atoms with E-state index in [9.17, 15) is 4.79 Å². The third-order valence-electron chi connectivity index (χ3n) is 4.49. The van der Waals surface area contributed by atoms with Gasteiger partial charge in [0.1, 0.15) is 5.76 Å². The van der Waals surface area contributed by atoms with Crippen molar-refractivity contribution in [3.63, 3.8) is 0 Å². The number of carbonyl (C=O) groups excluding carboxylic acids is 1.